The summed E-state index contributed by atoms with van der Waals surface area (Å²) in [6, 6.07) is 6.63. The van der Waals surface area contributed by atoms with Crippen molar-refractivity contribution in [1.82, 2.24) is 10.3 Å². The van der Waals surface area contributed by atoms with E-state index >= 15 is 0 Å². The van der Waals surface area contributed by atoms with E-state index in [1.54, 1.807) is 11.3 Å². The lowest BCUT2D eigenvalue weighted by molar-refractivity contribution is 0.637. The first-order chi connectivity index (χ1) is 9.20. The fourth-order valence-corrected chi connectivity index (χ4v) is 3.13. The minimum atomic E-state index is 0.909. The second-order valence-electron chi connectivity index (χ2n) is 5.58. The zero-order chi connectivity index (χ0) is 13.2. The van der Waals surface area contributed by atoms with E-state index in [-0.39, 0.29) is 0 Å². The molecule has 1 aromatic carbocycles. The molecule has 0 unspecified atom stereocenters. The van der Waals surface area contributed by atoms with E-state index in [9.17, 15) is 0 Å². The summed E-state index contributed by atoms with van der Waals surface area (Å²) in [5, 5.41) is 6.86. The zero-order valence-corrected chi connectivity index (χ0v) is 12.4. The van der Waals surface area contributed by atoms with Crippen LogP contribution >= 0.6 is 11.3 Å². The van der Waals surface area contributed by atoms with Crippen molar-refractivity contribution in [3.05, 3.63) is 39.7 Å². The van der Waals surface area contributed by atoms with Gasteiger partial charge in [-0.3, -0.25) is 0 Å². The van der Waals surface area contributed by atoms with Gasteiger partial charge in [-0.25, -0.2) is 4.98 Å². The predicted octanol–water partition coefficient (Wildman–Crippen LogP) is 3.93. The van der Waals surface area contributed by atoms with Crippen LogP contribution < -0.4 is 5.32 Å². The van der Waals surface area contributed by atoms with Crippen LogP contribution in [0.3, 0.4) is 0 Å². The Balaban J connectivity index is 1.68. The standard InChI is InChI=1S/C16H20N2S/c1-11-5-12(2)7-14(6-11)15-10-19-16(18-15)9-17-8-13-3-4-13/h5-7,10,13,17H,3-4,8-9H2,1-2H3. The van der Waals surface area contributed by atoms with Crippen LogP contribution in [-0.2, 0) is 6.54 Å². The van der Waals surface area contributed by atoms with Crippen molar-refractivity contribution in [2.24, 2.45) is 5.92 Å². The van der Waals surface area contributed by atoms with Gasteiger partial charge in [-0.2, -0.15) is 0 Å². The molecule has 2 aromatic rings. The Morgan fingerprint density at radius 3 is 2.63 bits per heavy atom. The number of nitrogens with zero attached hydrogens (tertiary/aromatic N) is 1. The molecule has 1 fully saturated rings. The highest BCUT2D eigenvalue weighted by Crippen LogP contribution is 2.28. The smallest absolute Gasteiger partial charge is 0.107 e. The number of thiazole rings is 1. The largest absolute Gasteiger partial charge is 0.310 e. The molecule has 0 spiro atoms. The van der Waals surface area contributed by atoms with Gasteiger partial charge in [0.05, 0.1) is 5.69 Å². The van der Waals surface area contributed by atoms with E-state index < -0.39 is 0 Å². The van der Waals surface area contributed by atoms with E-state index in [0.29, 0.717) is 0 Å². The monoisotopic (exact) mass is 272 g/mol. The molecular weight excluding hydrogens is 252 g/mol. The molecule has 1 N–H and O–H groups in total. The summed E-state index contributed by atoms with van der Waals surface area (Å²) in [6.07, 6.45) is 2.80. The zero-order valence-electron chi connectivity index (χ0n) is 11.6. The van der Waals surface area contributed by atoms with E-state index in [1.807, 2.05) is 0 Å². The Bertz CT molecular complexity index is 550. The molecule has 0 atom stereocenters. The van der Waals surface area contributed by atoms with Gasteiger partial charge in [0, 0.05) is 17.5 Å². The van der Waals surface area contributed by atoms with Gasteiger partial charge in [0.1, 0.15) is 5.01 Å². The molecule has 100 valence electrons. The van der Waals surface area contributed by atoms with E-state index in [2.05, 4.69) is 42.7 Å². The minimum absolute atomic E-state index is 0.909. The van der Waals surface area contributed by atoms with Gasteiger partial charge < -0.3 is 5.32 Å². The number of benzene rings is 1. The predicted molar refractivity (Wildman–Crippen MR) is 81.5 cm³/mol. The molecule has 0 aliphatic heterocycles. The average Bonchev–Trinajstić information content (AvgIpc) is 3.04. The van der Waals surface area contributed by atoms with Crippen molar-refractivity contribution in [2.75, 3.05) is 6.54 Å². The summed E-state index contributed by atoms with van der Waals surface area (Å²) in [6.45, 7) is 6.34. The van der Waals surface area contributed by atoms with Crippen molar-refractivity contribution in [1.29, 1.82) is 0 Å². The highest BCUT2D eigenvalue weighted by atomic mass is 32.1. The summed E-state index contributed by atoms with van der Waals surface area (Å²) < 4.78 is 0. The number of aryl methyl sites for hydroxylation is 2. The number of hydrogen-bond acceptors (Lipinski definition) is 3. The molecule has 3 rings (SSSR count). The van der Waals surface area contributed by atoms with Crippen LogP contribution in [0.25, 0.3) is 11.3 Å². The fraction of sp³-hybridized carbons (Fsp3) is 0.438. The maximum atomic E-state index is 4.74. The molecule has 1 heterocycles. The first kappa shape index (κ1) is 12.8. The first-order valence-corrected chi connectivity index (χ1v) is 7.82. The summed E-state index contributed by atoms with van der Waals surface area (Å²) in [4.78, 5) is 4.74. The maximum absolute atomic E-state index is 4.74. The third kappa shape index (κ3) is 3.43. The van der Waals surface area contributed by atoms with Crippen LogP contribution in [0, 0.1) is 19.8 Å². The van der Waals surface area contributed by atoms with E-state index in [1.165, 1.54) is 34.5 Å². The van der Waals surface area contributed by atoms with Gasteiger partial charge in [-0.15, -0.1) is 11.3 Å². The molecular formula is C16H20N2S. The maximum Gasteiger partial charge on any atom is 0.107 e. The van der Waals surface area contributed by atoms with Crippen LogP contribution in [0.15, 0.2) is 23.6 Å². The highest BCUT2D eigenvalue weighted by molar-refractivity contribution is 7.09. The second kappa shape index (κ2) is 5.43. The van der Waals surface area contributed by atoms with Crippen LogP contribution in [-0.4, -0.2) is 11.5 Å². The van der Waals surface area contributed by atoms with Crippen LogP contribution in [0.2, 0.25) is 0 Å². The van der Waals surface area contributed by atoms with Gasteiger partial charge in [0.2, 0.25) is 0 Å². The Morgan fingerprint density at radius 2 is 1.95 bits per heavy atom. The van der Waals surface area contributed by atoms with Crippen molar-refractivity contribution in [2.45, 2.75) is 33.2 Å². The summed E-state index contributed by atoms with van der Waals surface area (Å²) in [5.74, 6) is 0.929. The quantitative estimate of drug-likeness (QED) is 0.892. The Morgan fingerprint density at radius 1 is 1.21 bits per heavy atom. The number of aromatic nitrogens is 1. The molecule has 1 aliphatic rings. The van der Waals surface area contributed by atoms with Crippen molar-refractivity contribution in [3.8, 4) is 11.3 Å². The summed E-state index contributed by atoms with van der Waals surface area (Å²) >= 11 is 1.75. The van der Waals surface area contributed by atoms with Gasteiger partial charge in [-0.05, 0) is 51.3 Å². The number of nitrogens with one attached hydrogen (secondary N) is 1. The van der Waals surface area contributed by atoms with Gasteiger partial charge in [-0.1, -0.05) is 17.2 Å². The van der Waals surface area contributed by atoms with Gasteiger partial charge in [0.25, 0.3) is 0 Å². The van der Waals surface area contributed by atoms with Gasteiger partial charge in [0.15, 0.2) is 0 Å². The Labute approximate surface area is 118 Å². The third-order valence-corrected chi connectivity index (χ3v) is 4.32. The van der Waals surface area contributed by atoms with Crippen molar-refractivity contribution >= 4 is 11.3 Å². The molecule has 0 saturated heterocycles. The molecule has 0 amide bonds. The first-order valence-electron chi connectivity index (χ1n) is 6.94. The lowest BCUT2D eigenvalue weighted by Crippen LogP contribution is -2.15. The van der Waals surface area contributed by atoms with Crippen LogP contribution in [0.1, 0.15) is 29.0 Å². The molecule has 1 saturated carbocycles. The molecule has 3 heteroatoms. The lowest BCUT2D eigenvalue weighted by atomic mass is 10.1. The van der Waals surface area contributed by atoms with Crippen molar-refractivity contribution in [3.63, 3.8) is 0 Å². The average molecular weight is 272 g/mol. The number of hydrogen-bond donors (Lipinski definition) is 1. The van der Waals surface area contributed by atoms with Crippen molar-refractivity contribution < 1.29 is 0 Å². The summed E-state index contributed by atoms with van der Waals surface area (Å²) in [5.41, 5.74) is 4.95. The number of rotatable bonds is 5. The van der Waals surface area contributed by atoms with Crippen LogP contribution in [0.5, 0.6) is 0 Å². The molecule has 0 radical (unpaired) electrons. The van der Waals surface area contributed by atoms with Crippen LogP contribution in [0.4, 0.5) is 0 Å². The second-order valence-corrected chi connectivity index (χ2v) is 6.52. The topological polar surface area (TPSA) is 24.9 Å². The molecule has 1 aliphatic carbocycles. The lowest BCUT2D eigenvalue weighted by Gasteiger charge is -2.02. The normalized spacial score (nSPS) is 14.8. The van der Waals surface area contributed by atoms with Gasteiger partial charge >= 0.3 is 0 Å². The molecule has 1 aromatic heterocycles. The Hall–Kier alpha value is -1.19. The van der Waals surface area contributed by atoms with E-state index in [4.69, 9.17) is 4.98 Å². The molecule has 2 nitrogen and oxygen atoms in total. The SMILES string of the molecule is Cc1cc(C)cc(-c2csc(CNCC3CC3)n2)c1. The molecule has 0 bridgehead atoms. The van der Waals surface area contributed by atoms with E-state index in [0.717, 1.165) is 24.7 Å². The molecule has 19 heavy (non-hydrogen) atoms. The summed E-state index contributed by atoms with van der Waals surface area (Å²) in [7, 11) is 0. The minimum Gasteiger partial charge on any atom is -0.310 e. The third-order valence-electron chi connectivity index (χ3n) is 3.48. The highest BCUT2D eigenvalue weighted by Gasteiger charge is 2.20. The Kier molecular flexibility index (Phi) is 3.67. The fourth-order valence-electron chi connectivity index (χ4n) is 2.35.